The second-order valence-electron chi connectivity index (χ2n) is 5.67. The highest BCUT2D eigenvalue weighted by Crippen LogP contribution is 2.23. The van der Waals surface area contributed by atoms with Crippen molar-refractivity contribution in [2.24, 2.45) is 0 Å². The highest BCUT2D eigenvalue weighted by molar-refractivity contribution is 7.80. The summed E-state index contributed by atoms with van der Waals surface area (Å²) in [6, 6.07) is 18.1. The number of aryl methyl sites for hydroxylation is 1. The van der Waals surface area contributed by atoms with Crippen LogP contribution < -0.4 is 15.8 Å². The standard InChI is InChI=1S/C17H18ClN3S/c1-17(12-11-13-5-3-2-4-6-13)19-16(22)21(20-17)15-9-7-14(18)8-10-15/h2-10,20H,11-12H2,1H3,(H,19,22)/t17-/m1/s1. The fraction of sp³-hybridized carbons (Fsp3) is 0.235. The van der Waals surface area contributed by atoms with Crippen LogP contribution >= 0.6 is 23.8 Å². The SMILES string of the molecule is C[C@@]1(CCc2ccccc2)NC(=S)N(c2ccc(Cl)cc2)N1. The summed E-state index contributed by atoms with van der Waals surface area (Å²) in [5, 5.41) is 6.67. The number of halogens is 1. The Kier molecular flexibility index (Phi) is 4.34. The molecule has 2 N–H and O–H groups in total. The number of thiocarbonyl (C=S) groups is 1. The normalized spacial score (nSPS) is 21.0. The summed E-state index contributed by atoms with van der Waals surface area (Å²) in [6.07, 6.45) is 1.91. The van der Waals surface area contributed by atoms with Gasteiger partial charge in [-0.1, -0.05) is 41.9 Å². The first kappa shape index (κ1) is 15.3. The highest BCUT2D eigenvalue weighted by Gasteiger charge is 2.36. The Hall–Kier alpha value is -1.62. The lowest BCUT2D eigenvalue weighted by molar-refractivity contribution is 0.348. The fourth-order valence-electron chi connectivity index (χ4n) is 2.55. The molecular weight excluding hydrogens is 314 g/mol. The van der Waals surface area contributed by atoms with Crippen molar-refractivity contribution in [3.8, 4) is 0 Å². The van der Waals surface area contributed by atoms with Crippen LogP contribution in [0.15, 0.2) is 54.6 Å². The van der Waals surface area contributed by atoms with Gasteiger partial charge in [0.25, 0.3) is 0 Å². The van der Waals surface area contributed by atoms with Crippen LogP contribution in [-0.4, -0.2) is 10.8 Å². The molecule has 1 aliphatic heterocycles. The van der Waals surface area contributed by atoms with Crippen molar-refractivity contribution in [1.29, 1.82) is 0 Å². The molecule has 3 rings (SSSR count). The Balaban J connectivity index is 1.68. The molecule has 0 saturated carbocycles. The Bertz CT molecular complexity index is 659. The minimum Gasteiger partial charge on any atom is -0.342 e. The Labute approximate surface area is 141 Å². The van der Waals surface area contributed by atoms with E-state index < -0.39 is 0 Å². The van der Waals surface area contributed by atoms with Crippen molar-refractivity contribution in [1.82, 2.24) is 10.7 Å². The molecule has 0 radical (unpaired) electrons. The molecule has 1 saturated heterocycles. The van der Waals surface area contributed by atoms with Crippen molar-refractivity contribution in [2.45, 2.75) is 25.4 Å². The molecule has 1 atom stereocenters. The lowest BCUT2D eigenvalue weighted by Crippen LogP contribution is -2.48. The Morgan fingerprint density at radius 3 is 2.45 bits per heavy atom. The summed E-state index contributed by atoms with van der Waals surface area (Å²) in [5.74, 6) is 0. The predicted octanol–water partition coefficient (Wildman–Crippen LogP) is 3.89. The number of rotatable bonds is 4. The van der Waals surface area contributed by atoms with Crippen LogP contribution in [-0.2, 0) is 6.42 Å². The summed E-state index contributed by atoms with van der Waals surface area (Å²) in [7, 11) is 0. The van der Waals surface area contributed by atoms with E-state index in [0.29, 0.717) is 10.1 Å². The second-order valence-corrected chi connectivity index (χ2v) is 6.49. The minimum atomic E-state index is -0.257. The smallest absolute Gasteiger partial charge is 0.189 e. The lowest BCUT2D eigenvalue weighted by atomic mass is 10.0. The van der Waals surface area contributed by atoms with Crippen molar-refractivity contribution in [3.05, 3.63) is 65.2 Å². The molecule has 1 heterocycles. The van der Waals surface area contributed by atoms with Gasteiger partial charge >= 0.3 is 0 Å². The number of hydrogen-bond acceptors (Lipinski definition) is 2. The molecule has 0 aliphatic carbocycles. The van der Waals surface area contributed by atoms with Gasteiger partial charge in [-0.25, -0.2) is 5.43 Å². The largest absolute Gasteiger partial charge is 0.342 e. The second kappa shape index (κ2) is 6.24. The van der Waals surface area contributed by atoms with Crippen molar-refractivity contribution < 1.29 is 0 Å². The van der Waals surface area contributed by atoms with E-state index >= 15 is 0 Å². The molecule has 114 valence electrons. The van der Waals surface area contributed by atoms with Gasteiger partial charge in [0.05, 0.1) is 5.69 Å². The molecule has 0 bridgehead atoms. The van der Waals surface area contributed by atoms with Crippen molar-refractivity contribution >= 4 is 34.6 Å². The maximum atomic E-state index is 5.94. The molecule has 2 aromatic carbocycles. The molecule has 0 aromatic heterocycles. The molecule has 1 fully saturated rings. The van der Waals surface area contributed by atoms with E-state index in [-0.39, 0.29) is 5.66 Å². The van der Waals surface area contributed by atoms with E-state index in [2.05, 4.69) is 41.9 Å². The van der Waals surface area contributed by atoms with E-state index in [0.717, 1.165) is 18.5 Å². The summed E-state index contributed by atoms with van der Waals surface area (Å²) >= 11 is 11.4. The molecule has 5 heteroatoms. The summed E-state index contributed by atoms with van der Waals surface area (Å²) in [4.78, 5) is 0. The zero-order chi connectivity index (χ0) is 15.6. The molecule has 2 aromatic rings. The molecule has 0 spiro atoms. The van der Waals surface area contributed by atoms with Crippen LogP contribution in [0.2, 0.25) is 5.02 Å². The first-order chi connectivity index (χ1) is 10.6. The van der Waals surface area contributed by atoms with Crippen LogP contribution in [0.4, 0.5) is 5.69 Å². The highest BCUT2D eigenvalue weighted by atomic mass is 35.5. The van der Waals surface area contributed by atoms with Gasteiger partial charge in [0, 0.05) is 5.02 Å². The molecule has 22 heavy (non-hydrogen) atoms. The van der Waals surface area contributed by atoms with Gasteiger partial charge in [-0.2, -0.15) is 0 Å². The van der Waals surface area contributed by atoms with Crippen LogP contribution in [0.3, 0.4) is 0 Å². The summed E-state index contributed by atoms with van der Waals surface area (Å²) < 4.78 is 0. The average Bonchev–Trinajstić information content (AvgIpc) is 2.83. The number of hydrazine groups is 1. The first-order valence-electron chi connectivity index (χ1n) is 7.25. The van der Waals surface area contributed by atoms with Gasteiger partial charge in [0.15, 0.2) is 5.11 Å². The fourth-order valence-corrected chi connectivity index (χ4v) is 3.05. The first-order valence-corrected chi connectivity index (χ1v) is 8.04. The average molecular weight is 332 g/mol. The summed E-state index contributed by atoms with van der Waals surface area (Å²) in [5.41, 5.74) is 5.50. The Morgan fingerprint density at radius 1 is 1.09 bits per heavy atom. The maximum Gasteiger partial charge on any atom is 0.189 e. The van der Waals surface area contributed by atoms with Gasteiger partial charge in [-0.3, -0.25) is 5.01 Å². The van der Waals surface area contributed by atoms with Crippen LogP contribution in [0, 0.1) is 0 Å². The number of benzene rings is 2. The number of nitrogens with one attached hydrogen (secondary N) is 2. The lowest BCUT2D eigenvalue weighted by Gasteiger charge is -2.25. The number of nitrogens with zero attached hydrogens (tertiary/aromatic N) is 1. The van der Waals surface area contributed by atoms with E-state index in [1.807, 2.05) is 35.3 Å². The maximum absolute atomic E-state index is 5.94. The monoisotopic (exact) mass is 331 g/mol. The van der Waals surface area contributed by atoms with Gasteiger partial charge in [-0.15, -0.1) is 0 Å². The van der Waals surface area contributed by atoms with Gasteiger partial charge in [0.2, 0.25) is 0 Å². The van der Waals surface area contributed by atoms with Crippen LogP contribution in [0.5, 0.6) is 0 Å². The zero-order valence-corrected chi connectivity index (χ0v) is 13.9. The van der Waals surface area contributed by atoms with Crippen molar-refractivity contribution in [2.75, 3.05) is 5.01 Å². The minimum absolute atomic E-state index is 0.257. The molecule has 1 aliphatic rings. The molecule has 0 unspecified atom stereocenters. The topological polar surface area (TPSA) is 27.3 Å². The predicted molar refractivity (Wildman–Crippen MR) is 96.0 cm³/mol. The third-order valence-corrected chi connectivity index (χ3v) is 4.32. The Morgan fingerprint density at radius 2 is 1.77 bits per heavy atom. The van der Waals surface area contributed by atoms with Crippen molar-refractivity contribution in [3.63, 3.8) is 0 Å². The van der Waals surface area contributed by atoms with Gasteiger partial charge in [0.1, 0.15) is 5.66 Å². The van der Waals surface area contributed by atoms with E-state index in [4.69, 9.17) is 23.8 Å². The quantitative estimate of drug-likeness (QED) is 0.831. The van der Waals surface area contributed by atoms with E-state index in [1.54, 1.807) is 0 Å². The van der Waals surface area contributed by atoms with Crippen LogP contribution in [0.25, 0.3) is 0 Å². The summed E-state index contributed by atoms with van der Waals surface area (Å²) in [6.45, 7) is 2.12. The van der Waals surface area contributed by atoms with E-state index in [9.17, 15) is 0 Å². The number of hydrogen-bond donors (Lipinski definition) is 2. The van der Waals surface area contributed by atoms with Crippen LogP contribution in [0.1, 0.15) is 18.9 Å². The van der Waals surface area contributed by atoms with E-state index in [1.165, 1.54) is 5.56 Å². The molecule has 3 nitrogen and oxygen atoms in total. The third kappa shape index (κ3) is 3.40. The number of anilines is 1. The zero-order valence-electron chi connectivity index (χ0n) is 12.3. The van der Waals surface area contributed by atoms with Gasteiger partial charge < -0.3 is 5.32 Å². The van der Waals surface area contributed by atoms with Gasteiger partial charge in [-0.05, 0) is 61.8 Å². The third-order valence-electron chi connectivity index (χ3n) is 3.79. The molecular formula is C17H18ClN3S. The molecule has 0 amide bonds.